The molecule has 112 valence electrons. The number of amides is 1. The van der Waals surface area contributed by atoms with Gasteiger partial charge in [-0.3, -0.25) is 9.00 Å². The number of hydrogen-bond acceptors (Lipinski definition) is 4. The van der Waals surface area contributed by atoms with E-state index in [-0.39, 0.29) is 29.7 Å². The zero-order valence-corrected chi connectivity index (χ0v) is 12.3. The first-order chi connectivity index (χ1) is 10.0. The molecule has 0 bridgehead atoms. The van der Waals surface area contributed by atoms with Gasteiger partial charge >= 0.3 is 0 Å². The van der Waals surface area contributed by atoms with Gasteiger partial charge in [0.05, 0.1) is 11.4 Å². The quantitative estimate of drug-likeness (QED) is 0.889. The normalized spacial score (nSPS) is 12.1. The van der Waals surface area contributed by atoms with Crippen LogP contribution in [0.2, 0.25) is 0 Å². The molecule has 1 N–H and O–H groups in total. The maximum atomic E-state index is 12.7. The molecular weight excluding hydrogens is 295 g/mol. The molecule has 21 heavy (non-hydrogen) atoms. The van der Waals surface area contributed by atoms with Crippen LogP contribution in [0, 0.1) is 12.7 Å². The average Bonchev–Trinajstić information content (AvgIpc) is 2.84. The summed E-state index contributed by atoms with van der Waals surface area (Å²) < 4.78 is 29.5. The molecule has 1 aromatic heterocycles. The minimum Gasteiger partial charge on any atom is -0.360 e. The highest BCUT2D eigenvalue weighted by Crippen LogP contribution is 2.09. The van der Waals surface area contributed by atoms with Crippen molar-refractivity contribution in [2.24, 2.45) is 0 Å². The third-order valence-corrected chi connectivity index (χ3v) is 3.93. The third-order valence-electron chi connectivity index (χ3n) is 2.66. The Morgan fingerprint density at radius 2 is 2.10 bits per heavy atom. The van der Waals surface area contributed by atoms with Crippen LogP contribution in [0.25, 0.3) is 0 Å². The second-order valence-corrected chi connectivity index (χ2v) is 6.10. The van der Waals surface area contributed by atoms with Crippen LogP contribution >= 0.6 is 0 Å². The summed E-state index contributed by atoms with van der Waals surface area (Å²) in [6.07, 6.45) is 0.122. The number of rotatable bonds is 6. The Labute approximate surface area is 124 Å². The van der Waals surface area contributed by atoms with Gasteiger partial charge in [0.25, 0.3) is 0 Å². The van der Waals surface area contributed by atoms with Gasteiger partial charge in [0, 0.05) is 34.7 Å². The summed E-state index contributed by atoms with van der Waals surface area (Å²) in [7, 11) is -1.19. The smallest absolute Gasteiger partial charge is 0.225 e. The topological polar surface area (TPSA) is 72.2 Å². The molecule has 0 saturated heterocycles. The molecule has 2 rings (SSSR count). The standard InChI is InChI=1S/C14H15FN2O3S/c1-10-8-13(20-17-10)9-21(19)7-6-14(18)16-12-4-2-11(15)3-5-12/h2-5,8H,6-7,9H2,1H3,(H,16,18). The van der Waals surface area contributed by atoms with Crippen molar-refractivity contribution in [2.45, 2.75) is 19.1 Å². The summed E-state index contributed by atoms with van der Waals surface area (Å²) in [6.45, 7) is 1.78. The fourth-order valence-corrected chi connectivity index (χ4v) is 2.69. The van der Waals surface area contributed by atoms with Gasteiger partial charge in [0.1, 0.15) is 11.6 Å². The molecule has 0 aliphatic heterocycles. The molecule has 0 spiro atoms. The van der Waals surface area contributed by atoms with Crippen LogP contribution in [0.3, 0.4) is 0 Å². The fraction of sp³-hybridized carbons (Fsp3) is 0.286. The van der Waals surface area contributed by atoms with Gasteiger partial charge in [-0.05, 0) is 31.2 Å². The maximum absolute atomic E-state index is 12.7. The van der Waals surface area contributed by atoms with E-state index < -0.39 is 10.8 Å². The van der Waals surface area contributed by atoms with Crippen LogP contribution < -0.4 is 5.32 Å². The Kier molecular flexibility index (Phi) is 5.21. The molecule has 7 heteroatoms. The van der Waals surface area contributed by atoms with Crippen molar-refractivity contribution >= 4 is 22.4 Å². The largest absolute Gasteiger partial charge is 0.360 e. The molecule has 1 heterocycles. The van der Waals surface area contributed by atoms with Crippen molar-refractivity contribution in [2.75, 3.05) is 11.1 Å². The first-order valence-corrected chi connectivity index (χ1v) is 7.84. The van der Waals surface area contributed by atoms with Gasteiger partial charge in [-0.15, -0.1) is 0 Å². The molecule has 2 aromatic rings. The lowest BCUT2D eigenvalue weighted by atomic mass is 10.3. The second kappa shape index (κ2) is 7.12. The highest BCUT2D eigenvalue weighted by Gasteiger charge is 2.10. The van der Waals surface area contributed by atoms with Crippen LogP contribution in [-0.4, -0.2) is 21.0 Å². The Bertz CT molecular complexity index is 640. The number of anilines is 1. The predicted molar refractivity (Wildman–Crippen MR) is 77.6 cm³/mol. The number of carbonyl (C=O) groups excluding carboxylic acids is 1. The van der Waals surface area contributed by atoms with E-state index in [9.17, 15) is 13.4 Å². The number of halogens is 1. The lowest BCUT2D eigenvalue weighted by Gasteiger charge is -2.04. The zero-order valence-electron chi connectivity index (χ0n) is 11.5. The lowest BCUT2D eigenvalue weighted by Crippen LogP contribution is -2.15. The lowest BCUT2D eigenvalue weighted by molar-refractivity contribution is -0.115. The molecule has 0 radical (unpaired) electrons. The number of benzene rings is 1. The van der Waals surface area contributed by atoms with Gasteiger partial charge in [0.2, 0.25) is 5.91 Å². The Hall–Kier alpha value is -2.02. The predicted octanol–water partition coefficient (Wildman–Crippen LogP) is 2.40. The molecule has 0 fully saturated rings. The summed E-state index contributed by atoms with van der Waals surface area (Å²) >= 11 is 0. The van der Waals surface area contributed by atoms with Crippen LogP contribution in [0.5, 0.6) is 0 Å². The molecule has 1 amide bonds. The van der Waals surface area contributed by atoms with E-state index in [1.165, 1.54) is 24.3 Å². The third kappa shape index (κ3) is 5.11. The average molecular weight is 310 g/mol. The molecule has 0 aliphatic carbocycles. The molecule has 0 aliphatic rings. The van der Waals surface area contributed by atoms with Crippen LogP contribution in [0.15, 0.2) is 34.9 Å². The summed E-state index contributed by atoms with van der Waals surface area (Å²) in [5.41, 5.74) is 1.24. The number of aryl methyl sites for hydroxylation is 1. The van der Waals surface area contributed by atoms with E-state index in [0.717, 1.165) is 5.69 Å². The number of aromatic nitrogens is 1. The van der Waals surface area contributed by atoms with E-state index >= 15 is 0 Å². The summed E-state index contributed by atoms with van der Waals surface area (Å²) in [6, 6.07) is 7.19. The van der Waals surface area contributed by atoms with Crippen molar-refractivity contribution < 1.29 is 17.9 Å². The highest BCUT2D eigenvalue weighted by molar-refractivity contribution is 7.84. The van der Waals surface area contributed by atoms with E-state index in [1.807, 2.05) is 0 Å². The van der Waals surface area contributed by atoms with Crippen molar-refractivity contribution in [3.8, 4) is 0 Å². The van der Waals surface area contributed by atoms with E-state index in [1.54, 1.807) is 13.0 Å². The maximum Gasteiger partial charge on any atom is 0.225 e. The fourth-order valence-electron chi connectivity index (χ4n) is 1.68. The highest BCUT2D eigenvalue weighted by atomic mass is 32.2. The number of carbonyl (C=O) groups is 1. The van der Waals surface area contributed by atoms with Crippen molar-refractivity contribution in [1.29, 1.82) is 0 Å². The molecule has 5 nitrogen and oxygen atoms in total. The van der Waals surface area contributed by atoms with Crippen molar-refractivity contribution in [3.63, 3.8) is 0 Å². The first kappa shape index (κ1) is 15.4. The van der Waals surface area contributed by atoms with Gasteiger partial charge < -0.3 is 9.84 Å². The molecule has 1 atom stereocenters. The minimum absolute atomic E-state index is 0.122. The summed E-state index contributed by atoms with van der Waals surface area (Å²) in [5, 5.41) is 6.33. The number of hydrogen-bond donors (Lipinski definition) is 1. The van der Waals surface area contributed by atoms with Crippen molar-refractivity contribution in [3.05, 3.63) is 47.6 Å². The molecular formula is C14H15FN2O3S. The van der Waals surface area contributed by atoms with Gasteiger partial charge in [0.15, 0.2) is 0 Å². The Morgan fingerprint density at radius 1 is 1.38 bits per heavy atom. The van der Waals surface area contributed by atoms with E-state index in [0.29, 0.717) is 11.4 Å². The van der Waals surface area contributed by atoms with Crippen LogP contribution in [0.4, 0.5) is 10.1 Å². The molecule has 1 aromatic carbocycles. The Balaban J connectivity index is 1.75. The van der Waals surface area contributed by atoms with Crippen LogP contribution in [-0.2, 0) is 21.3 Å². The van der Waals surface area contributed by atoms with E-state index in [2.05, 4.69) is 10.5 Å². The molecule has 0 saturated carbocycles. The molecule has 1 unspecified atom stereocenters. The zero-order chi connectivity index (χ0) is 15.2. The van der Waals surface area contributed by atoms with Crippen molar-refractivity contribution in [1.82, 2.24) is 5.16 Å². The van der Waals surface area contributed by atoms with Crippen LogP contribution in [0.1, 0.15) is 17.9 Å². The number of nitrogens with one attached hydrogen (secondary N) is 1. The van der Waals surface area contributed by atoms with E-state index in [4.69, 9.17) is 4.52 Å². The van der Waals surface area contributed by atoms with Gasteiger partial charge in [-0.25, -0.2) is 4.39 Å². The van der Waals surface area contributed by atoms with Gasteiger partial charge in [-0.2, -0.15) is 0 Å². The number of nitrogens with zero attached hydrogens (tertiary/aromatic N) is 1. The monoisotopic (exact) mass is 310 g/mol. The minimum atomic E-state index is -1.19. The Morgan fingerprint density at radius 3 is 2.71 bits per heavy atom. The first-order valence-electron chi connectivity index (χ1n) is 6.35. The SMILES string of the molecule is Cc1cc(CS(=O)CCC(=O)Nc2ccc(F)cc2)on1. The second-order valence-electron chi connectivity index (χ2n) is 4.53. The van der Waals surface area contributed by atoms with Gasteiger partial charge in [-0.1, -0.05) is 5.16 Å². The summed E-state index contributed by atoms with van der Waals surface area (Å²) in [5.74, 6) is 0.391. The summed E-state index contributed by atoms with van der Waals surface area (Å²) in [4.78, 5) is 11.7.